The first-order chi connectivity index (χ1) is 9.28. The summed E-state index contributed by atoms with van der Waals surface area (Å²) in [6, 6.07) is 3.39. The van der Waals surface area contributed by atoms with Crippen molar-refractivity contribution >= 4 is 12.2 Å². The predicted octanol–water partition coefficient (Wildman–Crippen LogP) is 1.86. The van der Waals surface area contributed by atoms with E-state index in [0.29, 0.717) is 25.4 Å². The number of nitrogens with two attached hydrogens (primary N) is 1. The van der Waals surface area contributed by atoms with Crippen LogP contribution in [0.5, 0.6) is 5.88 Å². The Morgan fingerprint density at radius 2 is 2.10 bits per heavy atom. The van der Waals surface area contributed by atoms with Crippen molar-refractivity contribution in [2.24, 2.45) is 5.73 Å². The van der Waals surface area contributed by atoms with Crippen molar-refractivity contribution in [2.45, 2.75) is 39.3 Å². The number of hydrogen-bond acceptors (Lipinski definition) is 4. The molecule has 0 aliphatic heterocycles. The number of ether oxygens (including phenoxy) is 2. The van der Waals surface area contributed by atoms with Crippen LogP contribution in [0.1, 0.15) is 27.2 Å². The molecule has 0 bridgehead atoms. The fourth-order valence-corrected chi connectivity index (χ4v) is 1.53. The number of aryl methyl sites for hydroxylation is 1. The van der Waals surface area contributed by atoms with Crippen LogP contribution in [0, 0.1) is 0 Å². The number of hydrogen-bond donors (Lipinski definition) is 2. The molecule has 1 aromatic rings. The molecule has 0 atom stereocenters. The Balaban J connectivity index is 2.29. The lowest BCUT2D eigenvalue weighted by Crippen LogP contribution is -2.33. The van der Waals surface area contributed by atoms with Crippen LogP contribution in [-0.2, 0) is 11.3 Å². The fourth-order valence-electron chi connectivity index (χ4n) is 1.53. The number of nitrogens with zero attached hydrogens (tertiary/aromatic N) is 1. The average Bonchev–Trinajstić information content (AvgIpc) is 2.68. The van der Waals surface area contributed by atoms with Gasteiger partial charge in [-0.25, -0.2) is 9.59 Å². The maximum atomic E-state index is 11.4. The summed E-state index contributed by atoms with van der Waals surface area (Å²) in [7, 11) is 0. The summed E-state index contributed by atoms with van der Waals surface area (Å²) in [4.78, 5) is 22.1. The van der Waals surface area contributed by atoms with E-state index >= 15 is 0 Å². The van der Waals surface area contributed by atoms with Crippen molar-refractivity contribution in [2.75, 3.05) is 6.54 Å². The van der Waals surface area contributed by atoms with Crippen LogP contribution < -0.4 is 15.8 Å². The number of carbonyl (C=O) groups is 2. The van der Waals surface area contributed by atoms with Gasteiger partial charge in [-0.05, 0) is 33.3 Å². The van der Waals surface area contributed by atoms with E-state index < -0.39 is 17.8 Å². The molecule has 0 saturated carbocycles. The quantitative estimate of drug-likeness (QED) is 0.806. The molecule has 1 aromatic heterocycles. The second-order valence-corrected chi connectivity index (χ2v) is 5.24. The molecule has 0 aromatic carbocycles. The van der Waals surface area contributed by atoms with Crippen molar-refractivity contribution in [3.05, 3.63) is 18.3 Å². The Kier molecular flexibility index (Phi) is 5.42. The molecule has 0 aliphatic rings. The molecular formula is C13H21N3O4. The van der Waals surface area contributed by atoms with Gasteiger partial charge in [-0.1, -0.05) is 0 Å². The number of nitrogens with one attached hydrogen (secondary N) is 1. The summed E-state index contributed by atoms with van der Waals surface area (Å²) in [5.74, 6) is 0.384. The first kappa shape index (κ1) is 15.9. The minimum Gasteiger partial charge on any atom is -0.444 e. The number of aromatic nitrogens is 1. The van der Waals surface area contributed by atoms with Gasteiger partial charge in [-0.2, -0.15) is 0 Å². The lowest BCUT2D eigenvalue weighted by molar-refractivity contribution is 0.0526. The monoisotopic (exact) mass is 283 g/mol. The number of alkyl carbamates (subject to hydrolysis) is 1. The molecule has 7 nitrogen and oxygen atoms in total. The SMILES string of the molecule is CC(C)(C)OC(=O)NCCCn1cccc1OC(N)=O. The number of carbonyl (C=O) groups excluding carboxylic acids is 2. The Morgan fingerprint density at radius 3 is 2.70 bits per heavy atom. The lowest BCUT2D eigenvalue weighted by atomic mass is 10.2. The van der Waals surface area contributed by atoms with Crippen LogP contribution in [0.15, 0.2) is 18.3 Å². The smallest absolute Gasteiger partial charge is 0.411 e. The first-order valence-electron chi connectivity index (χ1n) is 6.37. The van der Waals surface area contributed by atoms with Gasteiger partial charge in [0.25, 0.3) is 0 Å². The number of primary amides is 1. The van der Waals surface area contributed by atoms with E-state index in [-0.39, 0.29) is 0 Å². The number of rotatable bonds is 5. The van der Waals surface area contributed by atoms with Gasteiger partial charge in [-0.3, -0.25) is 0 Å². The van der Waals surface area contributed by atoms with Crippen molar-refractivity contribution in [3.63, 3.8) is 0 Å². The molecule has 20 heavy (non-hydrogen) atoms. The second kappa shape index (κ2) is 6.83. The van der Waals surface area contributed by atoms with Crippen LogP contribution >= 0.6 is 0 Å². The molecule has 7 heteroatoms. The Morgan fingerprint density at radius 1 is 1.40 bits per heavy atom. The zero-order valence-corrected chi connectivity index (χ0v) is 12.0. The maximum Gasteiger partial charge on any atom is 0.411 e. The van der Waals surface area contributed by atoms with Crippen LogP contribution in [0.3, 0.4) is 0 Å². The van der Waals surface area contributed by atoms with Gasteiger partial charge in [0.05, 0.1) is 0 Å². The van der Waals surface area contributed by atoms with E-state index in [2.05, 4.69) is 5.32 Å². The van der Waals surface area contributed by atoms with Crippen molar-refractivity contribution in [1.29, 1.82) is 0 Å². The van der Waals surface area contributed by atoms with E-state index in [1.165, 1.54) is 0 Å². The van der Waals surface area contributed by atoms with Gasteiger partial charge in [0.1, 0.15) is 5.60 Å². The molecule has 0 aliphatic carbocycles. The third-order valence-electron chi connectivity index (χ3n) is 2.24. The highest BCUT2D eigenvalue weighted by atomic mass is 16.6. The standard InChI is InChI=1S/C13H21N3O4/c1-13(2,3)20-12(18)15-7-5-9-16-8-4-6-10(16)19-11(14)17/h4,6,8H,5,7,9H2,1-3H3,(H2,14,17)(H,15,18). The lowest BCUT2D eigenvalue weighted by Gasteiger charge is -2.19. The van der Waals surface area contributed by atoms with E-state index in [4.69, 9.17) is 15.2 Å². The Hall–Kier alpha value is -2.18. The molecule has 0 radical (unpaired) electrons. The summed E-state index contributed by atoms with van der Waals surface area (Å²) >= 11 is 0. The van der Waals surface area contributed by atoms with E-state index in [9.17, 15) is 9.59 Å². The highest BCUT2D eigenvalue weighted by Gasteiger charge is 2.15. The summed E-state index contributed by atoms with van der Waals surface area (Å²) in [5, 5.41) is 2.65. The second-order valence-electron chi connectivity index (χ2n) is 5.24. The summed E-state index contributed by atoms with van der Waals surface area (Å²) < 4.78 is 11.7. The molecule has 0 unspecified atom stereocenters. The predicted molar refractivity (Wildman–Crippen MR) is 73.5 cm³/mol. The molecular weight excluding hydrogens is 262 g/mol. The van der Waals surface area contributed by atoms with Gasteiger partial charge in [0, 0.05) is 25.4 Å². The largest absolute Gasteiger partial charge is 0.444 e. The Bertz CT molecular complexity index is 462. The van der Waals surface area contributed by atoms with Crippen LogP contribution in [-0.4, -0.2) is 28.9 Å². The average molecular weight is 283 g/mol. The highest BCUT2D eigenvalue weighted by molar-refractivity contribution is 5.67. The summed E-state index contributed by atoms with van der Waals surface area (Å²) in [6.45, 7) is 6.47. The van der Waals surface area contributed by atoms with Gasteiger partial charge in [-0.15, -0.1) is 0 Å². The van der Waals surface area contributed by atoms with Gasteiger partial charge < -0.3 is 25.1 Å². The van der Waals surface area contributed by atoms with Gasteiger partial charge >= 0.3 is 12.2 Å². The van der Waals surface area contributed by atoms with Gasteiger partial charge in [0.15, 0.2) is 0 Å². The van der Waals surface area contributed by atoms with Crippen LogP contribution in [0.25, 0.3) is 0 Å². The van der Waals surface area contributed by atoms with Crippen molar-refractivity contribution in [1.82, 2.24) is 9.88 Å². The van der Waals surface area contributed by atoms with Gasteiger partial charge in [0.2, 0.25) is 5.88 Å². The zero-order chi connectivity index (χ0) is 15.2. The molecule has 112 valence electrons. The molecule has 2 amide bonds. The topological polar surface area (TPSA) is 95.6 Å². The molecule has 1 rings (SSSR count). The molecule has 3 N–H and O–H groups in total. The minimum atomic E-state index is -0.850. The third kappa shape index (κ3) is 6.12. The maximum absolute atomic E-state index is 11.4. The molecule has 1 heterocycles. The first-order valence-corrected chi connectivity index (χ1v) is 6.37. The normalized spacial score (nSPS) is 10.9. The van der Waals surface area contributed by atoms with Crippen LogP contribution in [0.4, 0.5) is 9.59 Å². The third-order valence-corrected chi connectivity index (χ3v) is 2.24. The molecule has 0 saturated heterocycles. The highest BCUT2D eigenvalue weighted by Crippen LogP contribution is 2.12. The fraction of sp³-hybridized carbons (Fsp3) is 0.538. The molecule has 0 spiro atoms. The minimum absolute atomic E-state index is 0.384. The summed E-state index contributed by atoms with van der Waals surface area (Å²) in [6.07, 6.45) is 1.14. The zero-order valence-electron chi connectivity index (χ0n) is 12.0. The van der Waals surface area contributed by atoms with Crippen molar-refractivity contribution < 1.29 is 19.1 Å². The van der Waals surface area contributed by atoms with Crippen LogP contribution in [0.2, 0.25) is 0 Å². The van der Waals surface area contributed by atoms with E-state index in [0.717, 1.165) is 0 Å². The number of amides is 2. The summed E-state index contributed by atoms with van der Waals surface area (Å²) in [5.41, 5.74) is 4.45. The van der Waals surface area contributed by atoms with E-state index in [1.54, 1.807) is 43.7 Å². The van der Waals surface area contributed by atoms with Crippen molar-refractivity contribution in [3.8, 4) is 5.88 Å². The Labute approximate surface area is 118 Å². The van der Waals surface area contributed by atoms with E-state index in [1.807, 2.05) is 0 Å². The molecule has 0 fully saturated rings.